The Morgan fingerprint density at radius 2 is 1.51 bits per heavy atom. The van der Waals surface area contributed by atoms with Crippen LogP contribution in [0.15, 0.2) is 85.2 Å². The summed E-state index contributed by atoms with van der Waals surface area (Å²) in [5, 5.41) is 10.0. The highest BCUT2D eigenvalue weighted by molar-refractivity contribution is 5.94. The third-order valence-corrected chi connectivity index (χ3v) is 9.77. The van der Waals surface area contributed by atoms with Gasteiger partial charge in [0.05, 0.1) is 18.0 Å². The minimum absolute atomic E-state index is 0.0628. The first-order valence-electron chi connectivity index (χ1n) is 18.0. The lowest BCUT2D eigenvalue weighted by Crippen LogP contribution is -2.24. The van der Waals surface area contributed by atoms with Crippen LogP contribution < -0.4 is 0 Å². The van der Waals surface area contributed by atoms with Crippen molar-refractivity contribution in [2.75, 3.05) is 13.2 Å². The van der Waals surface area contributed by atoms with E-state index in [4.69, 9.17) is 14.7 Å². The van der Waals surface area contributed by atoms with Crippen molar-refractivity contribution in [1.29, 1.82) is 0 Å². The molecule has 8 heteroatoms. The predicted molar refractivity (Wildman–Crippen MR) is 199 cm³/mol. The minimum atomic E-state index is -1.12. The third kappa shape index (κ3) is 8.75. The fraction of sp³-hybridized carbons (Fsp3) is 0.326. The fourth-order valence-electron chi connectivity index (χ4n) is 7.06. The fourth-order valence-corrected chi connectivity index (χ4v) is 7.06. The van der Waals surface area contributed by atoms with E-state index >= 15 is 0 Å². The van der Waals surface area contributed by atoms with Gasteiger partial charge in [0, 0.05) is 48.7 Å². The summed E-state index contributed by atoms with van der Waals surface area (Å²) in [6.07, 6.45) is 8.94. The topological polar surface area (TPSA) is 106 Å². The zero-order valence-electron chi connectivity index (χ0n) is 29.8. The zero-order chi connectivity index (χ0) is 35.7. The third-order valence-electron chi connectivity index (χ3n) is 9.77. The Balaban J connectivity index is 1.25. The van der Waals surface area contributed by atoms with Crippen LogP contribution in [0.5, 0.6) is 0 Å². The van der Waals surface area contributed by atoms with E-state index < -0.39 is 5.97 Å². The highest BCUT2D eigenvalue weighted by atomic mass is 16.5. The molecule has 0 saturated heterocycles. The molecule has 0 spiro atoms. The van der Waals surface area contributed by atoms with Crippen molar-refractivity contribution in [2.24, 2.45) is 0 Å². The van der Waals surface area contributed by atoms with Crippen LogP contribution in [0.3, 0.4) is 0 Å². The molecule has 0 bridgehead atoms. The summed E-state index contributed by atoms with van der Waals surface area (Å²) in [6, 6.07) is 25.4. The molecule has 0 saturated carbocycles. The molecule has 3 heterocycles. The van der Waals surface area contributed by atoms with Crippen LogP contribution >= 0.6 is 0 Å². The largest absolute Gasteiger partial charge is 0.476 e. The number of fused-ring (bicyclic) bond motifs is 1. The van der Waals surface area contributed by atoms with Gasteiger partial charge >= 0.3 is 11.9 Å². The molecule has 51 heavy (non-hydrogen) atoms. The number of pyridine rings is 3. The average molecular weight is 683 g/mol. The minimum Gasteiger partial charge on any atom is -0.476 e. The quantitative estimate of drug-likeness (QED) is 0.110. The van der Waals surface area contributed by atoms with Crippen molar-refractivity contribution in [1.82, 2.24) is 19.9 Å². The monoisotopic (exact) mass is 682 g/mol. The Kier molecular flexibility index (Phi) is 11.6. The Bertz CT molecular complexity index is 1950. The molecule has 0 amide bonds. The van der Waals surface area contributed by atoms with Crippen LogP contribution in [-0.2, 0) is 48.3 Å². The number of carboxylic acid groups (broad SMARTS) is 1. The van der Waals surface area contributed by atoms with Crippen molar-refractivity contribution in [3.63, 3.8) is 0 Å². The Hall–Kier alpha value is -5.21. The molecule has 1 N–H and O–H groups in total. The molecule has 6 rings (SSSR count). The van der Waals surface area contributed by atoms with Gasteiger partial charge in [-0.2, -0.15) is 0 Å². The lowest BCUT2D eigenvalue weighted by Gasteiger charge is -2.23. The van der Waals surface area contributed by atoms with Gasteiger partial charge in [-0.1, -0.05) is 60.7 Å². The summed E-state index contributed by atoms with van der Waals surface area (Å²) in [6.45, 7) is 8.87. The number of benzene rings is 2. The number of carbonyl (C=O) groups is 2. The van der Waals surface area contributed by atoms with Crippen LogP contribution in [0.25, 0.3) is 22.5 Å². The first-order chi connectivity index (χ1) is 24.8. The summed E-state index contributed by atoms with van der Waals surface area (Å²) in [4.78, 5) is 41.2. The molecule has 3 aromatic heterocycles. The van der Waals surface area contributed by atoms with Gasteiger partial charge in [-0.05, 0) is 117 Å². The van der Waals surface area contributed by atoms with E-state index in [1.54, 1.807) is 13.0 Å². The van der Waals surface area contributed by atoms with Gasteiger partial charge in [0.15, 0.2) is 5.69 Å². The van der Waals surface area contributed by atoms with Gasteiger partial charge in [0.1, 0.15) is 0 Å². The Morgan fingerprint density at radius 3 is 2.18 bits per heavy atom. The molecule has 8 nitrogen and oxygen atoms in total. The highest BCUT2D eigenvalue weighted by Gasteiger charge is 2.24. The number of hydrogen-bond donors (Lipinski definition) is 1. The molecule has 0 aliphatic heterocycles. The van der Waals surface area contributed by atoms with Gasteiger partial charge in [-0.15, -0.1) is 0 Å². The maximum Gasteiger partial charge on any atom is 0.355 e. The molecule has 1 aliphatic rings. The maximum atomic E-state index is 12.2. The number of esters is 1. The average Bonchev–Trinajstić information content (AvgIpc) is 3.61. The molecule has 0 radical (unpaired) electrons. The molecule has 5 aromatic rings. The van der Waals surface area contributed by atoms with Crippen LogP contribution in [0.2, 0.25) is 0 Å². The maximum absolute atomic E-state index is 12.2. The molecule has 0 atom stereocenters. The van der Waals surface area contributed by atoms with Gasteiger partial charge in [-0.25, -0.2) is 9.78 Å². The lowest BCUT2D eigenvalue weighted by molar-refractivity contribution is -0.143. The van der Waals surface area contributed by atoms with E-state index in [0.29, 0.717) is 24.3 Å². The number of carboxylic acids is 1. The predicted octanol–water partition coefficient (Wildman–Crippen LogP) is 8.14. The van der Waals surface area contributed by atoms with E-state index in [1.807, 2.05) is 13.1 Å². The lowest BCUT2D eigenvalue weighted by atomic mass is 9.93. The number of ether oxygens (including phenoxy) is 1. The number of rotatable bonds is 15. The van der Waals surface area contributed by atoms with Crippen LogP contribution in [0, 0.1) is 13.8 Å². The van der Waals surface area contributed by atoms with Crippen molar-refractivity contribution < 1.29 is 19.4 Å². The van der Waals surface area contributed by atoms with E-state index in [0.717, 1.165) is 85.4 Å². The van der Waals surface area contributed by atoms with E-state index in [-0.39, 0.29) is 18.1 Å². The second kappa shape index (κ2) is 16.7. The van der Waals surface area contributed by atoms with Gasteiger partial charge < -0.3 is 9.84 Å². The first-order valence-corrected chi connectivity index (χ1v) is 18.0. The van der Waals surface area contributed by atoms with Gasteiger partial charge in [0.2, 0.25) is 0 Å². The van der Waals surface area contributed by atoms with E-state index in [9.17, 15) is 14.7 Å². The molecule has 1 aliphatic carbocycles. The molecule has 0 fully saturated rings. The molecular weight excluding hydrogens is 636 g/mol. The number of carbonyl (C=O) groups excluding carboxylic acids is 1. The molecular formula is C43H46N4O4. The molecule has 262 valence electrons. The summed E-state index contributed by atoms with van der Waals surface area (Å²) < 4.78 is 5.07. The number of aryl methyl sites for hydroxylation is 3. The van der Waals surface area contributed by atoms with Crippen molar-refractivity contribution in [3.05, 3.63) is 136 Å². The Morgan fingerprint density at radius 1 is 0.804 bits per heavy atom. The molecule has 0 unspecified atom stereocenters. The molecule has 2 aromatic carbocycles. The van der Waals surface area contributed by atoms with Crippen molar-refractivity contribution in [3.8, 4) is 22.5 Å². The first kappa shape index (κ1) is 35.6. The van der Waals surface area contributed by atoms with Gasteiger partial charge in [0.25, 0.3) is 0 Å². The second-order valence-electron chi connectivity index (χ2n) is 13.4. The van der Waals surface area contributed by atoms with Crippen LogP contribution in [0.1, 0.15) is 81.3 Å². The normalized spacial score (nSPS) is 12.2. The smallest absolute Gasteiger partial charge is 0.355 e. The van der Waals surface area contributed by atoms with Crippen LogP contribution in [0.4, 0.5) is 0 Å². The summed E-state index contributed by atoms with van der Waals surface area (Å²) >= 11 is 0. The summed E-state index contributed by atoms with van der Waals surface area (Å²) in [5.74, 6) is -1.42. The van der Waals surface area contributed by atoms with Crippen molar-refractivity contribution in [2.45, 2.75) is 78.8 Å². The van der Waals surface area contributed by atoms with Crippen molar-refractivity contribution >= 4 is 11.9 Å². The number of nitrogens with zero attached hydrogens (tertiary/aromatic N) is 4. The highest BCUT2D eigenvalue weighted by Crippen LogP contribution is 2.37. The second-order valence-corrected chi connectivity index (χ2v) is 13.4. The SMILES string of the molecule is CCOC(=O)CCc1cnc(C(=O)O)c(-c2ncc(-c3nc(CCCN(Cc4ccccc4)Cc4ccccc4)cc4c3CCC4)c(C)c2C)c1. The summed E-state index contributed by atoms with van der Waals surface area (Å²) in [5.41, 5.74) is 12.0. The van der Waals surface area contributed by atoms with E-state index in [1.165, 1.54) is 28.5 Å². The number of aromatic carboxylic acids is 1. The Labute approximate surface area is 300 Å². The standard InChI is InChI=1S/C43H46N4O4/c1-4-51-39(48)21-20-33-23-37(42(43(49)50)44-25-33)40-30(3)29(2)38(26-45-40)41-36-19-11-17-34(36)24-35(46-41)18-12-22-47(27-31-13-7-5-8-14-31)28-32-15-9-6-10-16-32/h5-10,13-16,23-26H,4,11-12,17-22,27-28H2,1-3H3,(H,49,50). The van der Waals surface area contributed by atoms with Crippen LogP contribution in [-0.4, -0.2) is 50.0 Å². The van der Waals surface area contributed by atoms with E-state index in [2.05, 4.69) is 83.5 Å². The van der Waals surface area contributed by atoms with Gasteiger partial charge in [-0.3, -0.25) is 19.7 Å². The zero-order valence-corrected chi connectivity index (χ0v) is 29.8. The number of aromatic nitrogens is 3. The number of hydrogen-bond acceptors (Lipinski definition) is 7. The summed E-state index contributed by atoms with van der Waals surface area (Å²) in [7, 11) is 0.